The summed E-state index contributed by atoms with van der Waals surface area (Å²) in [5, 5.41) is 7.43. The number of nitrogens with two attached hydrogens (primary N) is 1. The van der Waals surface area contributed by atoms with E-state index in [4.69, 9.17) is 15.9 Å². The van der Waals surface area contributed by atoms with Gasteiger partial charge < -0.3 is 10.5 Å². The lowest BCUT2D eigenvalue weighted by molar-refractivity contribution is 0.231. The molecular weight excluding hydrogens is 216 g/mol. The Morgan fingerprint density at radius 1 is 1.47 bits per heavy atom. The molecule has 0 atom stereocenters. The van der Waals surface area contributed by atoms with Crippen molar-refractivity contribution in [2.45, 2.75) is 12.8 Å². The van der Waals surface area contributed by atoms with Crippen LogP contribution in [0, 0.1) is 5.41 Å². The third kappa shape index (κ3) is 3.17. The van der Waals surface area contributed by atoms with Gasteiger partial charge in [0.25, 0.3) is 0 Å². The van der Waals surface area contributed by atoms with E-state index >= 15 is 0 Å². The van der Waals surface area contributed by atoms with Gasteiger partial charge in [-0.05, 0) is 38.1 Å². The Hall–Kier alpha value is -1.62. The van der Waals surface area contributed by atoms with Crippen molar-refractivity contribution >= 4 is 5.84 Å². The topological polar surface area (TPSA) is 75.2 Å². The van der Waals surface area contributed by atoms with Gasteiger partial charge in [-0.15, -0.1) is 0 Å². The first-order chi connectivity index (χ1) is 8.27. The highest BCUT2D eigenvalue weighted by Gasteiger charge is 2.12. The van der Waals surface area contributed by atoms with E-state index in [-0.39, 0.29) is 5.84 Å². The van der Waals surface area contributed by atoms with Gasteiger partial charge in [0, 0.05) is 12.7 Å². The highest BCUT2D eigenvalue weighted by atomic mass is 16.5. The fourth-order valence-corrected chi connectivity index (χ4v) is 1.99. The van der Waals surface area contributed by atoms with E-state index in [1.54, 1.807) is 18.3 Å². The largest absolute Gasteiger partial charge is 0.476 e. The second-order valence-corrected chi connectivity index (χ2v) is 4.17. The Bertz CT molecular complexity index is 388. The first kappa shape index (κ1) is 11.9. The number of rotatable bonds is 5. The first-order valence-electron chi connectivity index (χ1n) is 5.92. The zero-order valence-corrected chi connectivity index (χ0v) is 9.85. The number of ether oxygens (including phenoxy) is 1. The number of amidine groups is 1. The van der Waals surface area contributed by atoms with Crippen molar-refractivity contribution in [1.29, 1.82) is 5.41 Å². The monoisotopic (exact) mass is 234 g/mol. The van der Waals surface area contributed by atoms with Crippen molar-refractivity contribution in [3.63, 3.8) is 0 Å². The van der Waals surface area contributed by atoms with Gasteiger partial charge in [0.05, 0.1) is 5.56 Å². The Balaban J connectivity index is 1.87. The lowest BCUT2D eigenvalue weighted by Crippen LogP contribution is -2.25. The summed E-state index contributed by atoms with van der Waals surface area (Å²) in [6.07, 6.45) is 4.21. The number of aromatic nitrogens is 1. The number of pyridine rings is 1. The molecule has 1 saturated heterocycles. The van der Waals surface area contributed by atoms with Crippen LogP contribution in [0.2, 0.25) is 0 Å². The number of likely N-dealkylation sites (tertiary alicyclic amines) is 1. The minimum atomic E-state index is -0.00530. The highest BCUT2D eigenvalue weighted by molar-refractivity contribution is 5.96. The Kier molecular flexibility index (Phi) is 3.93. The molecule has 17 heavy (non-hydrogen) atoms. The third-order valence-corrected chi connectivity index (χ3v) is 2.91. The highest BCUT2D eigenvalue weighted by Crippen LogP contribution is 2.13. The number of hydrogen-bond acceptors (Lipinski definition) is 4. The Labute approximate surface area is 101 Å². The van der Waals surface area contributed by atoms with Crippen LogP contribution in [0.25, 0.3) is 0 Å². The van der Waals surface area contributed by atoms with Crippen LogP contribution >= 0.6 is 0 Å². The predicted molar refractivity (Wildman–Crippen MR) is 66.4 cm³/mol. The van der Waals surface area contributed by atoms with Gasteiger partial charge in [-0.3, -0.25) is 10.3 Å². The van der Waals surface area contributed by atoms with E-state index in [0.717, 1.165) is 19.6 Å². The molecule has 3 N–H and O–H groups in total. The number of hydrogen-bond donors (Lipinski definition) is 2. The summed E-state index contributed by atoms with van der Waals surface area (Å²) in [6, 6.07) is 3.50. The van der Waals surface area contributed by atoms with E-state index < -0.39 is 0 Å². The summed E-state index contributed by atoms with van der Waals surface area (Å²) < 4.78 is 5.59. The molecule has 0 aliphatic carbocycles. The van der Waals surface area contributed by atoms with Gasteiger partial charge in [0.15, 0.2) is 0 Å². The maximum absolute atomic E-state index is 7.43. The molecule has 0 saturated carbocycles. The van der Waals surface area contributed by atoms with Crippen LogP contribution in [0.1, 0.15) is 18.4 Å². The third-order valence-electron chi connectivity index (χ3n) is 2.91. The fraction of sp³-hybridized carbons (Fsp3) is 0.500. The number of nitrogens with zero attached hydrogens (tertiary/aromatic N) is 2. The van der Waals surface area contributed by atoms with E-state index in [2.05, 4.69) is 9.88 Å². The van der Waals surface area contributed by atoms with Crippen LogP contribution in [-0.2, 0) is 0 Å². The molecule has 92 valence electrons. The second kappa shape index (κ2) is 5.63. The normalized spacial score (nSPS) is 16.0. The van der Waals surface area contributed by atoms with E-state index in [0.29, 0.717) is 18.1 Å². The van der Waals surface area contributed by atoms with Gasteiger partial charge >= 0.3 is 0 Å². The van der Waals surface area contributed by atoms with Crippen LogP contribution in [0.15, 0.2) is 18.3 Å². The quantitative estimate of drug-likeness (QED) is 0.585. The zero-order valence-electron chi connectivity index (χ0n) is 9.85. The molecule has 0 spiro atoms. The van der Waals surface area contributed by atoms with Crippen molar-refractivity contribution < 1.29 is 4.74 Å². The van der Waals surface area contributed by atoms with E-state index in [9.17, 15) is 0 Å². The molecule has 1 aliphatic heterocycles. The molecule has 2 rings (SSSR count). The summed E-state index contributed by atoms with van der Waals surface area (Å²) in [7, 11) is 0. The molecule has 0 aromatic carbocycles. The zero-order chi connectivity index (χ0) is 12.1. The fourth-order valence-electron chi connectivity index (χ4n) is 1.99. The van der Waals surface area contributed by atoms with Crippen molar-refractivity contribution in [1.82, 2.24) is 9.88 Å². The molecule has 1 aliphatic rings. The van der Waals surface area contributed by atoms with Crippen molar-refractivity contribution in [3.05, 3.63) is 23.9 Å². The molecule has 0 amide bonds. The van der Waals surface area contributed by atoms with Crippen LogP contribution in [-0.4, -0.2) is 42.0 Å². The van der Waals surface area contributed by atoms with Crippen LogP contribution in [0.4, 0.5) is 0 Å². The van der Waals surface area contributed by atoms with Gasteiger partial charge in [0.1, 0.15) is 12.4 Å². The maximum atomic E-state index is 7.43. The van der Waals surface area contributed by atoms with Crippen molar-refractivity contribution in [2.24, 2.45) is 5.73 Å². The minimum absolute atomic E-state index is 0.00530. The molecule has 0 unspecified atom stereocenters. The lowest BCUT2D eigenvalue weighted by atomic mass is 10.2. The molecular formula is C12H18N4O. The molecule has 2 heterocycles. The summed E-state index contributed by atoms with van der Waals surface area (Å²) in [5.41, 5.74) is 6.03. The number of nitrogen functional groups attached to an aromatic ring is 1. The summed E-state index contributed by atoms with van der Waals surface area (Å²) in [5.74, 6) is 0.452. The Morgan fingerprint density at radius 3 is 2.94 bits per heavy atom. The SMILES string of the molecule is N=C(N)c1cccnc1OCCN1CCCC1. The Morgan fingerprint density at radius 2 is 2.24 bits per heavy atom. The maximum Gasteiger partial charge on any atom is 0.224 e. The molecule has 1 aromatic heterocycles. The average molecular weight is 234 g/mol. The molecule has 0 bridgehead atoms. The molecule has 0 radical (unpaired) electrons. The average Bonchev–Trinajstić information content (AvgIpc) is 2.82. The van der Waals surface area contributed by atoms with Crippen LogP contribution in [0.5, 0.6) is 5.88 Å². The van der Waals surface area contributed by atoms with Gasteiger partial charge in [-0.1, -0.05) is 0 Å². The molecule has 5 heteroatoms. The second-order valence-electron chi connectivity index (χ2n) is 4.17. The smallest absolute Gasteiger partial charge is 0.224 e. The van der Waals surface area contributed by atoms with E-state index in [1.807, 2.05) is 0 Å². The molecule has 1 aromatic rings. The van der Waals surface area contributed by atoms with Crippen LogP contribution < -0.4 is 10.5 Å². The molecule has 1 fully saturated rings. The summed E-state index contributed by atoms with van der Waals surface area (Å²) in [6.45, 7) is 3.82. The predicted octanol–water partition coefficient (Wildman–Crippen LogP) is 0.840. The standard InChI is InChI=1S/C12H18N4O/c13-11(14)10-4-3-5-15-12(10)17-9-8-16-6-1-2-7-16/h3-5H,1-2,6-9H2,(H3,13,14). The van der Waals surface area contributed by atoms with Gasteiger partial charge in [-0.25, -0.2) is 4.98 Å². The minimum Gasteiger partial charge on any atom is -0.476 e. The van der Waals surface area contributed by atoms with Gasteiger partial charge in [0.2, 0.25) is 5.88 Å². The summed E-state index contributed by atoms with van der Waals surface area (Å²) >= 11 is 0. The van der Waals surface area contributed by atoms with Crippen LogP contribution in [0.3, 0.4) is 0 Å². The first-order valence-corrected chi connectivity index (χ1v) is 5.92. The molecule has 5 nitrogen and oxygen atoms in total. The summed E-state index contributed by atoms with van der Waals surface area (Å²) in [4.78, 5) is 6.47. The van der Waals surface area contributed by atoms with Crippen molar-refractivity contribution in [2.75, 3.05) is 26.2 Å². The van der Waals surface area contributed by atoms with Gasteiger partial charge in [-0.2, -0.15) is 0 Å². The lowest BCUT2D eigenvalue weighted by Gasteiger charge is -2.15. The van der Waals surface area contributed by atoms with Crippen molar-refractivity contribution in [3.8, 4) is 5.88 Å². The number of nitrogens with one attached hydrogen (secondary N) is 1. The van der Waals surface area contributed by atoms with E-state index in [1.165, 1.54) is 12.8 Å².